The minimum atomic E-state index is -0.557. The number of hydrogen-bond donors (Lipinski definition) is 2. The summed E-state index contributed by atoms with van der Waals surface area (Å²) in [5.74, 6) is -0.589. The van der Waals surface area contributed by atoms with Crippen molar-refractivity contribution in [2.24, 2.45) is 0 Å². The molecule has 0 spiro atoms. The lowest BCUT2D eigenvalue weighted by atomic mass is 10.1. The topological polar surface area (TPSA) is 84.5 Å². The number of ether oxygens (including phenoxy) is 1. The number of carbonyl (C=O) groups is 3. The third-order valence-corrected chi connectivity index (χ3v) is 4.12. The van der Waals surface area contributed by atoms with Gasteiger partial charge in [-0.3, -0.25) is 25.0 Å². The summed E-state index contributed by atoms with van der Waals surface area (Å²) in [5.41, 5.74) is 2.06. The van der Waals surface area contributed by atoms with E-state index in [9.17, 15) is 14.4 Å². The van der Waals surface area contributed by atoms with Crippen molar-refractivity contribution in [3.05, 3.63) is 70.8 Å². The van der Waals surface area contributed by atoms with Gasteiger partial charge in [-0.25, -0.2) is 0 Å². The van der Waals surface area contributed by atoms with Gasteiger partial charge in [0.25, 0.3) is 11.8 Å². The molecule has 0 saturated carbocycles. The Balaban J connectivity index is 1.79. The van der Waals surface area contributed by atoms with E-state index in [2.05, 4.69) is 10.6 Å². The number of ketones is 1. The highest BCUT2D eigenvalue weighted by Gasteiger charge is 2.26. The molecule has 1 heterocycles. The molecule has 2 amide bonds. The molecule has 6 nitrogen and oxygen atoms in total. The second kappa shape index (κ2) is 7.92. The molecule has 1 saturated heterocycles. The van der Waals surface area contributed by atoms with Crippen molar-refractivity contribution in [2.45, 2.75) is 13.5 Å². The van der Waals surface area contributed by atoms with Gasteiger partial charge in [-0.2, -0.15) is 0 Å². The minimum absolute atomic E-state index is 0.00274. The van der Waals surface area contributed by atoms with E-state index in [-0.39, 0.29) is 23.1 Å². The van der Waals surface area contributed by atoms with Crippen LogP contribution in [-0.2, 0) is 16.2 Å². The monoisotopic (exact) mass is 380 g/mol. The first kappa shape index (κ1) is 18.5. The van der Waals surface area contributed by atoms with Crippen LogP contribution >= 0.6 is 12.2 Å². The maximum absolute atomic E-state index is 12.0. The fourth-order valence-electron chi connectivity index (χ4n) is 2.49. The second-order valence-electron chi connectivity index (χ2n) is 5.87. The van der Waals surface area contributed by atoms with Crippen molar-refractivity contribution >= 4 is 41.0 Å². The van der Waals surface area contributed by atoms with Crippen molar-refractivity contribution in [3.63, 3.8) is 0 Å². The quantitative estimate of drug-likeness (QED) is 0.360. The number of rotatable bonds is 5. The van der Waals surface area contributed by atoms with Crippen LogP contribution in [0.4, 0.5) is 0 Å². The van der Waals surface area contributed by atoms with Crippen LogP contribution in [0.15, 0.2) is 54.1 Å². The number of benzene rings is 2. The Kier molecular flexibility index (Phi) is 5.42. The number of amides is 2. The number of nitrogens with one attached hydrogen (secondary N) is 2. The second-order valence-corrected chi connectivity index (χ2v) is 6.28. The molecule has 3 rings (SSSR count). The maximum Gasteiger partial charge on any atom is 0.263 e. The highest BCUT2D eigenvalue weighted by Crippen LogP contribution is 2.23. The van der Waals surface area contributed by atoms with E-state index < -0.39 is 11.8 Å². The lowest BCUT2D eigenvalue weighted by Gasteiger charge is -2.17. The molecule has 0 aliphatic carbocycles. The van der Waals surface area contributed by atoms with Gasteiger partial charge in [0.1, 0.15) is 17.9 Å². The van der Waals surface area contributed by atoms with Gasteiger partial charge in [0.2, 0.25) is 0 Å². The predicted molar refractivity (Wildman–Crippen MR) is 104 cm³/mol. The predicted octanol–water partition coefficient (Wildman–Crippen LogP) is 2.38. The fourth-order valence-corrected chi connectivity index (χ4v) is 2.68. The summed E-state index contributed by atoms with van der Waals surface area (Å²) < 4.78 is 5.84. The number of thiocarbonyl (C=S) groups is 1. The summed E-state index contributed by atoms with van der Waals surface area (Å²) in [5, 5.41) is 4.78. The molecule has 1 aliphatic rings. The van der Waals surface area contributed by atoms with Crippen molar-refractivity contribution < 1.29 is 19.1 Å². The van der Waals surface area contributed by atoms with E-state index in [1.54, 1.807) is 36.4 Å². The molecule has 2 aromatic rings. The SMILES string of the molecule is CC(=O)c1ccc(COc2ccccc2C=C2C(=O)NC(=S)NC2=O)cc1. The van der Waals surface area contributed by atoms with Gasteiger partial charge in [0.05, 0.1) is 0 Å². The summed E-state index contributed by atoms with van der Waals surface area (Å²) in [7, 11) is 0. The van der Waals surface area contributed by atoms with Gasteiger partial charge < -0.3 is 4.74 Å². The van der Waals surface area contributed by atoms with E-state index in [1.807, 2.05) is 12.1 Å². The molecule has 2 N–H and O–H groups in total. The maximum atomic E-state index is 12.0. The van der Waals surface area contributed by atoms with Crippen molar-refractivity contribution in [1.29, 1.82) is 0 Å². The van der Waals surface area contributed by atoms with Gasteiger partial charge in [-0.15, -0.1) is 0 Å². The molecule has 7 heteroatoms. The molecule has 2 aromatic carbocycles. The Morgan fingerprint density at radius 1 is 1.04 bits per heavy atom. The van der Waals surface area contributed by atoms with Gasteiger partial charge in [-0.1, -0.05) is 42.5 Å². The minimum Gasteiger partial charge on any atom is -0.488 e. The third kappa shape index (κ3) is 4.45. The highest BCUT2D eigenvalue weighted by atomic mass is 32.1. The van der Waals surface area contributed by atoms with Crippen LogP contribution in [0, 0.1) is 0 Å². The number of para-hydroxylation sites is 1. The van der Waals surface area contributed by atoms with Crippen molar-refractivity contribution in [2.75, 3.05) is 0 Å². The van der Waals surface area contributed by atoms with Crippen LogP contribution in [0.5, 0.6) is 5.75 Å². The first-order chi connectivity index (χ1) is 12.9. The summed E-state index contributed by atoms with van der Waals surface area (Å²) in [6, 6.07) is 14.2. The smallest absolute Gasteiger partial charge is 0.263 e. The van der Waals surface area contributed by atoms with Crippen LogP contribution in [0.25, 0.3) is 6.08 Å². The van der Waals surface area contributed by atoms with Gasteiger partial charge in [0, 0.05) is 11.1 Å². The van der Waals surface area contributed by atoms with Crippen molar-refractivity contribution in [1.82, 2.24) is 10.6 Å². The zero-order chi connectivity index (χ0) is 19.4. The largest absolute Gasteiger partial charge is 0.488 e. The van der Waals surface area contributed by atoms with E-state index in [0.29, 0.717) is 16.9 Å². The fraction of sp³-hybridized carbons (Fsp3) is 0.100. The van der Waals surface area contributed by atoms with E-state index >= 15 is 0 Å². The zero-order valence-electron chi connectivity index (χ0n) is 14.4. The van der Waals surface area contributed by atoms with Crippen LogP contribution in [0.3, 0.4) is 0 Å². The van der Waals surface area contributed by atoms with E-state index in [4.69, 9.17) is 17.0 Å². The molecule has 0 aromatic heterocycles. The molecule has 0 atom stereocenters. The Bertz CT molecular complexity index is 942. The number of hydrogen-bond acceptors (Lipinski definition) is 5. The van der Waals surface area contributed by atoms with E-state index in [1.165, 1.54) is 13.0 Å². The zero-order valence-corrected chi connectivity index (χ0v) is 15.3. The average molecular weight is 380 g/mol. The van der Waals surface area contributed by atoms with Gasteiger partial charge in [-0.05, 0) is 36.8 Å². The van der Waals surface area contributed by atoms with Crippen LogP contribution < -0.4 is 15.4 Å². The summed E-state index contributed by atoms with van der Waals surface area (Å²) in [4.78, 5) is 35.3. The van der Waals surface area contributed by atoms with E-state index in [0.717, 1.165) is 5.56 Å². The average Bonchev–Trinajstić information content (AvgIpc) is 2.64. The van der Waals surface area contributed by atoms with Crippen LogP contribution in [0.2, 0.25) is 0 Å². The number of carbonyl (C=O) groups excluding carboxylic acids is 3. The van der Waals surface area contributed by atoms with Crippen LogP contribution in [0.1, 0.15) is 28.4 Å². The molecular formula is C20H16N2O4S. The molecule has 27 heavy (non-hydrogen) atoms. The lowest BCUT2D eigenvalue weighted by Crippen LogP contribution is -2.51. The molecule has 0 bridgehead atoms. The Morgan fingerprint density at radius 3 is 2.30 bits per heavy atom. The summed E-state index contributed by atoms with van der Waals surface area (Å²) in [6.07, 6.45) is 1.46. The Labute approximate surface area is 161 Å². The summed E-state index contributed by atoms with van der Waals surface area (Å²) in [6.45, 7) is 1.79. The Morgan fingerprint density at radius 2 is 1.67 bits per heavy atom. The molecule has 0 unspecified atom stereocenters. The molecular weight excluding hydrogens is 364 g/mol. The normalized spacial score (nSPS) is 13.7. The molecule has 1 fully saturated rings. The highest BCUT2D eigenvalue weighted by molar-refractivity contribution is 7.80. The standard InChI is InChI=1S/C20H16N2O4S/c1-12(23)14-8-6-13(7-9-14)11-26-17-5-3-2-4-15(17)10-16-18(24)21-20(27)22-19(16)25/h2-10H,11H2,1H3,(H2,21,22,24,25,27). The third-order valence-electron chi connectivity index (χ3n) is 3.92. The molecule has 0 radical (unpaired) electrons. The number of Topliss-reactive ketones (excluding diaryl/α,β-unsaturated/α-hetero) is 1. The summed E-state index contributed by atoms with van der Waals surface area (Å²) >= 11 is 4.79. The Hall–Kier alpha value is -3.32. The van der Waals surface area contributed by atoms with Crippen molar-refractivity contribution in [3.8, 4) is 5.75 Å². The molecule has 1 aliphatic heterocycles. The first-order valence-corrected chi connectivity index (χ1v) is 8.55. The van der Waals surface area contributed by atoms with Gasteiger partial charge in [0.15, 0.2) is 10.9 Å². The lowest BCUT2D eigenvalue weighted by molar-refractivity contribution is -0.123. The first-order valence-electron chi connectivity index (χ1n) is 8.14. The van der Waals surface area contributed by atoms with Gasteiger partial charge >= 0.3 is 0 Å². The molecule has 136 valence electrons. The van der Waals surface area contributed by atoms with Crippen LogP contribution in [-0.4, -0.2) is 22.7 Å².